The molecule has 0 amide bonds. The van der Waals surface area contributed by atoms with E-state index < -0.39 is 108 Å². The molecule has 3 heterocycles. The molecule has 9 aromatic rings. The Balaban J connectivity index is 1.28. The summed E-state index contributed by atoms with van der Waals surface area (Å²) >= 11 is 2.03. The fourth-order valence-electron chi connectivity index (χ4n) is 5.04. The second-order valence-corrected chi connectivity index (χ2v) is 11.6. The molecule has 0 unspecified atom stereocenters. The van der Waals surface area contributed by atoms with Crippen molar-refractivity contribution in [3.8, 4) is 44.6 Å². The standard InChI is InChI=1S/C40H24N2S2/c1-2-9-25(10-3-1)26-11-6-12-27(21-26)28-19-20-36-34(23-28)38-40(44-36)37(41-24-42-38)30-14-7-13-29(22-30)31-16-8-17-33-32-15-4-5-18-35(32)43-39(31)33/h1-24H/i1D,2D,3D,4D,5D,6D,8D,9D,10D,11D,12D,13D,14D,15D,16D,17D,18D,21D,22D. The normalized spacial score (nSPS) is 17.7. The molecular weight excluding hydrogens is 573 g/mol. The molecule has 0 atom stereocenters. The number of fused-ring (bicyclic) bond motifs is 6. The Morgan fingerprint density at radius 3 is 2.16 bits per heavy atom. The van der Waals surface area contributed by atoms with Gasteiger partial charge in [0.2, 0.25) is 0 Å². The van der Waals surface area contributed by atoms with Gasteiger partial charge in [-0.1, -0.05) is 109 Å². The molecule has 0 saturated heterocycles. The molecule has 44 heavy (non-hydrogen) atoms. The van der Waals surface area contributed by atoms with Crippen LogP contribution in [0.4, 0.5) is 0 Å². The van der Waals surface area contributed by atoms with Crippen LogP contribution in [0.25, 0.3) is 85.1 Å². The highest BCUT2D eigenvalue weighted by Gasteiger charge is 2.16. The Hall–Kier alpha value is -5.16. The van der Waals surface area contributed by atoms with Crippen LogP contribution in [0.2, 0.25) is 0 Å². The van der Waals surface area contributed by atoms with Gasteiger partial charge >= 0.3 is 0 Å². The number of hydrogen-bond donors (Lipinski definition) is 0. The van der Waals surface area contributed by atoms with E-state index in [0.29, 0.717) is 20.3 Å². The van der Waals surface area contributed by atoms with Crippen molar-refractivity contribution >= 4 is 63.1 Å². The summed E-state index contributed by atoms with van der Waals surface area (Å²) in [5.41, 5.74) is -0.781. The molecule has 2 nitrogen and oxygen atoms in total. The predicted octanol–water partition coefficient (Wildman–Crippen LogP) is 11.9. The first-order chi connectivity index (χ1) is 29.7. The molecule has 0 N–H and O–H groups in total. The zero-order valence-corrected chi connectivity index (χ0v) is 23.7. The Morgan fingerprint density at radius 2 is 1.23 bits per heavy atom. The summed E-state index contributed by atoms with van der Waals surface area (Å²) in [6.07, 6.45) is 1.20. The third-order valence-electron chi connectivity index (χ3n) is 7.02. The minimum absolute atomic E-state index is 0.0201. The summed E-state index contributed by atoms with van der Waals surface area (Å²) < 4.78 is 165. The van der Waals surface area contributed by atoms with Crippen molar-refractivity contribution in [1.82, 2.24) is 9.97 Å². The molecule has 0 aliphatic carbocycles. The molecule has 0 aliphatic rings. The van der Waals surface area contributed by atoms with Crippen LogP contribution in [-0.2, 0) is 0 Å². The van der Waals surface area contributed by atoms with Crippen molar-refractivity contribution in [3.63, 3.8) is 0 Å². The Morgan fingerprint density at radius 1 is 0.500 bits per heavy atom. The average molecular weight is 616 g/mol. The summed E-state index contributed by atoms with van der Waals surface area (Å²) in [5.74, 6) is 0. The van der Waals surface area contributed by atoms with Gasteiger partial charge in [-0.2, -0.15) is 0 Å². The molecule has 4 heteroatoms. The number of hydrogen-bond acceptors (Lipinski definition) is 4. The highest BCUT2D eigenvalue weighted by molar-refractivity contribution is 7.26. The molecule has 206 valence electrons. The maximum atomic E-state index is 9.53. The smallest absolute Gasteiger partial charge is 0.116 e. The van der Waals surface area contributed by atoms with Gasteiger partial charge in [0.1, 0.15) is 6.33 Å². The van der Waals surface area contributed by atoms with Gasteiger partial charge < -0.3 is 0 Å². The number of nitrogens with zero attached hydrogens (tertiary/aromatic N) is 2. The fourth-order valence-corrected chi connectivity index (χ4v) is 7.25. The summed E-state index contributed by atoms with van der Waals surface area (Å²) in [4.78, 5) is 8.98. The maximum absolute atomic E-state index is 9.53. The zero-order chi connectivity index (χ0) is 45.6. The molecule has 9 rings (SSSR count). The SMILES string of the molecule is [2H]c1cc([2H])c(-c2c([2H])c([2H])c([2H])c3c2sc2c([2H])c([2H])c([2H])c([2H])c23)c([2H])c1-c1ncnc2c1sc1ccc(-c3c([2H])c([2H])c([2H])c(-c4c([2H])c([2H])c([2H])c([2H])c4[2H])c3[2H])cc12. The van der Waals surface area contributed by atoms with Crippen molar-refractivity contribution in [3.05, 3.63) is 145 Å². The molecule has 0 radical (unpaired) electrons. The van der Waals surface area contributed by atoms with Crippen molar-refractivity contribution in [2.24, 2.45) is 0 Å². The lowest BCUT2D eigenvalue weighted by atomic mass is 9.98. The van der Waals surface area contributed by atoms with Crippen LogP contribution in [0, 0.1) is 0 Å². The van der Waals surface area contributed by atoms with Crippen LogP contribution >= 0.6 is 22.7 Å². The topological polar surface area (TPSA) is 25.8 Å². The van der Waals surface area contributed by atoms with Crippen molar-refractivity contribution in [1.29, 1.82) is 0 Å². The molecule has 0 fully saturated rings. The van der Waals surface area contributed by atoms with Gasteiger partial charge in [0.25, 0.3) is 0 Å². The number of aromatic nitrogens is 2. The third kappa shape index (κ3) is 4.15. The van der Waals surface area contributed by atoms with E-state index in [1.807, 2.05) is 0 Å². The Labute approximate surface area is 289 Å². The zero-order valence-electron chi connectivity index (χ0n) is 41.1. The van der Waals surface area contributed by atoms with Gasteiger partial charge in [-0.15, -0.1) is 22.7 Å². The first kappa shape index (κ1) is 12.8. The van der Waals surface area contributed by atoms with E-state index in [0.717, 1.165) is 17.4 Å². The molecule has 0 aliphatic heterocycles. The highest BCUT2D eigenvalue weighted by Crippen LogP contribution is 2.43. The van der Waals surface area contributed by atoms with Crippen molar-refractivity contribution in [2.75, 3.05) is 0 Å². The van der Waals surface area contributed by atoms with Crippen LogP contribution in [0.5, 0.6) is 0 Å². The van der Waals surface area contributed by atoms with Crippen LogP contribution in [-0.4, -0.2) is 9.97 Å². The van der Waals surface area contributed by atoms with Crippen LogP contribution in [0.3, 0.4) is 0 Å². The lowest BCUT2D eigenvalue weighted by molar-refractivity contribution is 1.24. The van der Waals surface area contributed by atoms with Gasteiger partial charge in [0.15, 0.2) is 0 Å². The first-order valence-corrected chi connectivity index (χ1v) is 14.7. The predicted molar refractivity (Wildman–Crippen MR) is 190 cm³/mol. The number of rotatable bonds is 4. The minimum Gasteiger partial charge on any atom is -0.235 e. The number of thiophene rings is 2. The fraction of sp³-hybridized carbons (Fsp3) is 0. The third-order valence-corrected chi connectivity index (χ3v) is 9.31. The van der Waals surface area contributed by atoms with Crippen molar-refractivity contribution in [2.45, 2.75) is 0 Å². The van der Waals surface area contributed by atoms with Crippen LogP contribution in [0.1, 0.15) is 26.0 Å². The maximum Gasteiger partial charge on any atom is 0.116 e. The molecule has 3 aromatic heterocycles. The van der Waals surface area contributed by atoms with Crippen molar-refractivity contribution < 1.29 is 26.0 Å². The van der Waals surface area contributed by atoms with E-state index in [1.165, 1.54) is 17.7 Å². The Kier molecular flexibility index (Phi) is 2.98. The number of benzene rings is 6. The molecule has 6 aromatic carbocycles. The van der Waals surface area contributed by atoms with Gasteiger partial charge in [-0.05, 0) is 63.6 Å². The second kappa shape index (κ2) is 10.2. The van der Waals surface area contributed by atoms with E-state index in [9.17, 15) is 2.74 Å². The van der Waals surface area contributed by atoms with E-state index in [2.05, 4.69) is 9.97 Å². The van der Waals surface area contributed by atoms with E-state index in [4.69, 9.17) is 23.3 Å². The summed E-state index contributed by atoms with van der Waals surface area (Å²) in [6.45, 7) is 0. The van der Waals surface area contributed by atoms with Gasteiger partial charge in [0, 0.05) is 35.8 Å². The Bertz CT molecular complexity index is 3550. The highest BCUT2D eigenvalue weighted by atomic mass is 32.1. The lowest BCUT2D eigenvalue weighted by Crippen LogP contribution is -1.87. The average Bonchev–Trinajstić information content (AvgIpc) is 3.84. The molecule has 0 spiro atoms. The molecule has 0 saturated carbocycles. The summed E-state index contributed by atoms with van der Waals surface area (Å²) in [7, 11) is 0. The lowest BCUT2D eigenvalue weighted by Gasteiger charge is -2.08. The second-order valence-electron chi connectivity index (χ2n) is 9.53. The monoisotopic (exact) mass is 615 g/mol. The van der Waals surface area contributed by atoms with E-state index in [1.54, 1.807) is 18.2 Å². The molecular formula is C40H24N2S2. The van der Waals surface area contributed by atoms with Gasteiger partial charge in [-0.3, -0.25) is 0 Å². The van der Waals surface area contributed by atoms with Crippen LogP contribution in [0.15, 0.2) is 145 Å². The minimum atomic E-state index is -0.691. The van der Waals surface area contributed by atoms with Gasteiger partial charge in [-0.25, -0.2) is 9.97 Å². The van der Waals surface area contributed by atoms with Gasteiger partial charge in [0.05, 0.1) is 42.0 Å². The summed E-state index contributed by atoms with van der Waals surface area (Å²) in [6, 6.07) is -4.30. The van der Waals surface area contributed by atoms with Crippen LogP contribution < -0.4 is 0 Å². The van der Waals surface area contributed by atoms with E-state index in [-0.39, 0.29) is 71.8 Å². The first-order valence-electron chi connectivity index (χ1n) is 22.6. The molecule has 0 bridgehead atoms. The largest absolute Gasteiger partial charge is 0.235 e. The summed E-state index contributed by atoms with van der Waals surface area (Å²) in [5, 5.41) is 0.412. The van der Waals surface area contributed by atoms with E-state index >= 15 is 0 Å². The quantitative estimate of drug-likeness (QED) is 0.197.